The summed E-state index contributed by atoms with van der Waals surface area (Å²) < 4.78 is 0. The van der Waals surface area contributed by atoms with E-state index in [4.69, 9.17) is 0 Å². The molecule has 0 nitrogen and oxygen atoms in total. The van der Waals surface area contributed by atoms with Gasteiger partial charge in [-0.15, -0.1) is 0 Å². The second-order valence-corrected chi connectivity index (χ2v) is 18.1. The third-order valence-corrected chi connectivity index (χ3v) is 12.4. The van der Waals surface area contributed by atoms with Crippen molar-refractivity contribution in [2.75, 3.05) is 0 Å². The highest BCUT2D eigenvalue weighted by Crippen LogP contribution is 2.47. The Hall–Kier alpha value is -2.34. The van der Waals surface area contributed by atoms with Crippen LogP contribution < -0.4 is 0 Å². The van der Waals surface area contributed by atoms with Crippen molar-refractivity contribution < 1.29 is 0 Å². The van der Waals surface area contributed by atoms with E-state index < -0.39 is 0 Å². The van der Waals surface area contributed by atoms with Crippen LogP contribution in [0.4, 0.5) is 0 Å². The van der Waals surface area contributed by atoms with E-state index in [9.17, 15) is 0 Å². The van der Waals surface area contributed by atoms with E-state index in [1.807, 2.05) is 13.8 Å². The monoisotopic (exact) mass is 711 g/mol. The van der Waals surface area contributed by atoms with Crippen LogP contribution >= 0.6 is 0 Å². The molecule has 0 aliphatic heterocycles. The number of aryl methyl sites for hydroxylation is 4. The first kappa shape index (κ1) is 47.7. The molecule has 0 N–H and O–H groups in total. The zero-order valence-electron chi connectivity index (χ0n) is 35.8. The third kappa shape index (κ3) is 19.1. The highest BCUT2D eigenvalue weighted by Gasteiger charge is 2.34. The Morgan fingerprint density at radius 2 is 0.942 bits per heavy atom. The Morgan fingerprint density at radius 3 is 1.25 bits per heavy atom. The predicted octanol–water partition coefficient (Wildman–Crippen LogP) is 16.9. The molecule has 1 atom stereocenters. The Kier molecular flexibility index (Phi) is 22.8. The maximum Gasteiger partial charge on any atom is -0.00258 e. The van der Waals surface area contributed by atoms with Crippen LogP contribution in [0, 0.1) is 62.2 Å². The number of hydrogen-bond acceptors (Lipinski definition) is 0. The van der Waals surface area contributed by atoms with Crippen molar-refractivity contribution in [1.29, 1.82) is 0 Å². The Morgan fingerprint density at radius 1 is 0.558 bits per heavy atom. The molecule has 0 bridgehead atoms. The number of rotatable bonds is 5. The molecule has 294 valence electrons. The summed E-state index contributed by atoms with van der Waals surface area (Å²) in [4.78, 5) is 0. The molecular weight excluding hydrogens is 625 g/mol. The molecule has 3 aromatic carbocycles. The first-order valence-electron chi connectivity index (χ1n) is 21.4. The van der Waals surface area contributed by atoms with Crippen molar-refractivity contribution in [3.05, 3.63) is 106 Å². The third-order valence-electron chi connectivity index (χ3n) is 12.4. The smallest absolute Gasteiger partial charge is 0.00258 e. The van der Waals surface area contributed by atoms with Gasteiger partial charge in [-0.25, -0.2) is 0 Å². The molecule has 3 aliphatic carbocycles. The first-order valence-corrected chi connectivity index (χ1v) is 21.4. The molecule has 1 unspecified atom stereocenters. The molecule has 52 heavy (non-hydrogen) atoms. The van der Waals surface area contributed by atoms with Crippen molar-refractivity contribution in [2.45, 2.75) is 187 Å². The molecule has 0 radical (unpaired) electrons. The lowest BCUT2D eigenvalue weighted by Gasteiger charge is -2.42. The van der Waals surface area contributed by atoms with Crippen molar-refractivity contribution in [3.8, 4) is 0 Å². The number of hydrogen-bond donors (Lipinski definition) is 0. The lowest BCUT2D eigenvalue weighted by molar-refractivity contribution is 0.0957. The molecule has 0 amide bonds. The van der Waals surface area contributed by atoms with Crippen LogP contribution in [0.25, 0.3) is 0 Å². The molecule has 3 aliphatic rings. The van der Waals surface area contributed by atoms with Crippen molar-refractivity contribution >= 4 is 0 Å². The summed E-state index contributed by atoms with van der Waals surface area (Å²) in [7, 11) is 0. The summed E-state index contributed by atoms with van der Waals surface area (Å²) in [6.07, 6.45) is 21.9. The molecule has 3 aromatic rings. The highest BCUT2D eigenvalue weighted by atomic mass is 14.4. The van der Waals surface area contributed by atoms with E-state index in [2.05, 4.69) is 142 Å². The lowest BCUT2D eigenvalue weighted by atomic mass is 9.63. The van der Waals surface area contributed by atoms with Crippen molar-refractivity contribution in [3.63, 3.8) is 0 Å². The van der Waals surface area contributed by atoms with Crippen LogP contribution in [0.2, 0.25) is 0 Å². The van der Waals surface area contributed by atoms with E-state index in [1.165, 1.54) is 117 Å². The van der Waals surface area contributed by atoms with Gasteiger partial charge in [-0.3, -0.25) is 0 Å². The Labute approximate surface area is 326 Å². The van der Waals surface area contributed by atoms with Gasteiger partial charge in [0.15, 0.2) is 0 Å². The van der Waals surface area contributed by atoms with E-state index in [0.717, 1.165) is 30.1 Å². The SMILES string of the molecule is C.CC.CC1CCC(CC2CCC(C)CC2)CC1.CCC1(C)CCCC(C)(C)C1.Cc1ccc(Cc2ccc(C)cc2)cc1.Cc1ccccc1C. The van der Waals surface area contributed by atoms with Crippen molar-refractivity contribution in [1.82, 2.24) is 0 Å². The molecule has 3 saturated carbocycles. The fourth-order valence-electron chi connectivity index (χ4n) is 8.54. The minimum atomic E-state index is 0. The summed E-state index contributed by atoms with van der Waals surface area (Å²) in [5.74, 6) is 4.24. The van der Waals surface area contributed by atoms with E-state index in [1.54, 1.807) is 6.42 Å². The molecular formula is C52H86. The predicted molar refractivity (Wildman–Crippen MR) is 237 cm³/mol. The second kappa shape index (κ2) is 24.9. The van der Waals surface area contributed by atoms with Crippen LogP contribution in [0.15, 0.2) is 72.8 Å². The van der Waals surface area contributed by atoms with Gasteiger partial charge < -0.3 is 0 Å². The van der Waals surface area contributed by atoms with Gasteiger partial charge in [0.25, 0.3) is 0 Å². The van der Waals surface area contributed by atoms with Gasteiger partial charge in [-0.1, -0.05) is 211 Å². The molecule has 0 heterocycles. The van der Waals surface area contributed by atoms with Crippen LogP contribution in [0.1, 0.15) is 186 Å². The molecule has 3 fully saturated rings. The summed E-state index contributed by atoms with van der Waals surface area (Å²) in [5.41, 5.74) is 9.41. The molecule has 0 spiro atoms. The summed E-state index contributed by atoms with van der Waals surface area (Å²) in [6.45, 7) is 27.0. The molecule has 6 rings (SSSR count). The standard InChI is InChI=1S/C15H28.C15H16.C11H22.C8H10.C2H6.CH4/c2*1-12-3-7-14(8-4-12)11-15-9-5-13(2)6-10-15;1-5-11(4)8-6-7-10(2,3)9-11;1-7-5-3-4-6-8(7)2;1-2;/h12-15H,3-11H2,1-2H3;3-10H,11H2,1-2H3;5-9H2,1-4H3;3-6H,1-2H3;1-2H3;1H4. The van der Waals surface area contributed by atoms with Crippen molar-refractivity contribution in [2.24, 2.45) is 34.5 Å². The Bertz CT molecular complexity index is 1210. The van der Waals surface area contributed by atoms with E-state index >= 15 is 0 Å². The minimum absolute atomic E-state index is 0. The van der Waals surface area contributed by atoms with Gasteiger partial charge in [0, 0.05) is 0 Å². The van der Waals surface area contributed by atoms with Crippen LogP contribution in [0.3, 0.4) is 0 Å². The number of benzene rings is 3. The highest BCUT2D eigenvalue weighted by molar-refractivity contribution is 5.29. The normalized spacial score (nSPS) is 24.7. The van der Waals surface area contributed by atoms with Gasteiger partial charge in [-0.05, 0) is 117 Å². The zero-order valence-corrected chi connectivity index (χ0v) is 35.8. The van der Waals surface area contributed by atoms with Gasteiger partial charge in [0.1, 0.15) is 0 Å². The van der Waals surface area contributed by atoms with Crippen LogP contribution in [0.5, 0.6) is 0 Å². The molecule has 0 heteroatoms. The second-order valence-electron chi connectivity index (χ2n) is 18.1. The van der Waals surface area contributed by atoms with Gasteiger partial charge in [-0.2, -0.15) is 0 Å². The first-order chi connectivity index (χ1) is 24.3. The maximum atomic E-state index is 2.45. The van der Waals surface area contributed by atoms with Crippen LogP contribution in [-0.2, 0) is 6.42 Å². The zero-order chi connectivity index (χ0) is 37.9. The van der Waals surface area contributed by atoms with Gasteiger partial charge in [0.2, 0.25) is 0 Å². The van der Waals surface area contributed by atoms with E-state index in [0.29, 0.717) is 10.8 Å². The molecule has 0 aromatic heterocycles. The van der Waals surface area contributed by atoms with E-state index in [-0.39, 0.29) is 7.43 Å². The summed E-state index contributed by atoms with van der Waals surface area (Å²) >= 11 is 0. The average Bonchev–Trinajstić information content (AvgIpc) is 3.11. The van der Waals surface area contributed by atoms with Crippen LogP contribution in [-0.4, -0.2) is 0 Å². The topological polar surface area (TPSA) is 0 Å². The molecule has 0 saturated heterocycles. The quantitative estimate of drug-likeness (QED) is 0.247. The average molecular weight is 711 g/mol. The maximum absolute atomic E-state index is 2.45. The van der Waals surface area contributed by atoms with Gasteiger partial charge >= 0.3 is 0 Å². The fraction of sp³-hybridized carbons (Fsp3) is 0.654. The Balaban J connectivity index is 0.000000347. The van der Waals surface area contributed by atoms with Gasteiger partial charge in [0.05, 0.1) is 0 Å². The minimum Gasteiger partial charge on any atom is -0.0776 e. The fourth-order valence-corrected chi connectivity index (χ4v) is 8.54. The summed E-state index contributed by atoms with van der Waals surface area (Å²) in [6, 6.07) is 25.9. The lowest BCUT2D eigenvalue weighted by Crippen LogP contribution is -2.30. The largest absolute Gasteiger partial charge is 0.0776 e. The summed E-state index contributed by atoms with van der Waals surface area (Å²) in [5, 5.41) is 0.